The lowest BCUT2D eigenvalue weighted by Crippen LogP contribution is -2.25. The van der Waals surface area contributed by atoms with E-state index in [9.17, 15) is 0 Å². The largest absolute Gasteiger partial charge is 0.358 e. The molecule has 0 spiro atoms. The van der Waals surface area contributed by atoms with Gasteiger partial charge >= 0.3 is 0 Å². The van der Waals surface area contributed by atoms with E-state index >= 15 is 0 Å². The van der Waals surface area contributed by atoms with E-state index in [2.05, 4.69) is 10.1 Å². The molecule has 5 nitrogen and oxygen atoms in total. The summed E-state index contributed by atoms with van der Waals surface area (Å²) in [5.41, 5.74) is 6.23. The molecule has 0 amide bonds. The Morgan fingerprint density at radius 1 is 1.57 bits per heavy atom. The standard InChI is InChI=1S/C9H12N4O/c1-13(5-3-10)9-7-6-12-14-8(7)2-4-11-9/h2,4,6H,3,5,10H2,1H3. The number of hydrogen-bond acceptors (Lipinski definition) is 5. The van der Waals surface area contributed by atoms with Crippen molar-refractivity contribution < 1.29 is 4.52 Å². The van der Waals surface area contributed by atoms with Crippen LogP contribution in [0.5, 0.6) is 0 Å². The zero-order valence-corrected chi connectivity index (χ0v) is 7.97. The normalized spacial score (nSPS) is 10.7. The molecule has 2 rings (SSSR count). The zero-order valence-electron chi connectivity index (χ0n) is 7.97. The smallest absolute Gasteiger partial charge is 0.172 e. The SMILES string of the molecule is CN(CCN)c1nccc2oncc12. The molecule has 0 aromatic carbocycles. The van der Waals surface area contributed by atoms with Gasteiger partial charge in [0.15, 0.2) is 5.58 Å². The second-order valence-electron chi connectivity index (χ2n) is 3.08. The van der Waals surface area contributed by atoms with Crippen molar-refractivity contribution in [3.63, 3.8) is 0 Å². The summed E-state index contributed by atoms with van der Waals surface area (Å²) in [5, 5.41) is 4.65. The zero-order chi connectivity index (χ0) is 9.97. The minimum absolute atomic E-state index is 0.597. The number of hydrogen-bond donors (Lipinski definition) is 1. The molecular weight excluding hydrogens is 180 g/mol. The second-order valence-corrected chi connectivity index (χ2v) is 3.08. The third-order valence-electron chi connectivity index (χ3n) is 2.09. The summed E-state index contributed by atoms with van der Waals surface area (Å²) in [7, 11) is 1.95. The maximum Gasteiger partial charge on any atom is 0.172 e. The summed E-state index contributed by atoms with van der Waals surface area (Å²) in [6.07, 6.45) is 3.38. The van der Waals surface area contributed by atoms with Crippen molar-refractivity contribution in [1.82, 2.24) is 10.1 Å². The number of pyridine rings is 1. The number of fused-ring (bicyclic) bond motifs is 1. The third-order valence-corrected chi connectivity index (χ3v) is 2.09. The first-order chi connectivity index (χ1) is 6.83. The molecule has 0 radical (unpaired) electrons. The highest BCUT2D eigenvalue weighted by molar-refractivity contribution is 5.87. The molecule has 0 aliphatic rings. The lowest BCUT2D eigenvalue weighted by molar-refractivity contribution is 0.456. The van der Waals surface area contributed by atoms with E-state index in [4.69, 9.17) is 10.3 Å². The van der Waals surface area contributed by atoms with Gasteiger partial charge in [0.25, 0.3) is 0 Å². The second kappa shape index (κ2) is 3.63. The molecule has 0 atom stereocenters. The molecule has 0 fully saturated rings. The Kier molecular flexibility index (Phi) is 2.32. The first-order valence-electron chi connectivity index (χ1n) is 4.43. The predicted octanol–water partition coefficient (Wildman–Crippen LogP) is 0.618. The minimum Gasteiger partial charge on any atom is -0.358 e. The molecule has 0 saturated heterocycles. The fourth-order valence-electron chi connectivity index (χ4n) is 1.39. The fraction of sp³-hybridized carbons (Fsp3) is 0.333. The van der Waals surface area contributed by atoms with Crippen LogP contribution in [0.25, 0.3) is 11.0 Å². The van der Waals surface area contributed by atoms with Crippen molar-refractivity contribution in [1.29, 1.82) is 0 Å². The quantitative estimate of drug-likeness (QED) is 0.772. The molecule has 0 aliphatic carbocycles. The fourth-order valence-corrected chi connectivity index (χ4v) is 1.39. The number of rotatable bonds is 3. The van der Waals surface area contributed by atoms with Crippen LogP contribution in [0.2, 0.25) is 0 Å². The minimum atomic E-state index is 0.597. The summed E-state index contributed by atoms with van der Waals surface area (Å²) in [6.45, 7) is 1.36. The van der Waals surface area contributed by atoms with Gasteiger partial charge in [-0.05, 0) is 0 Å². The Morgan fingerprint density at radius 2 is 2.43 bits per heavy atom. The van der Waals surface area contributed by atoms with Gasteiger partial charge in [0, 0.05) is 32.4 Å². The van der Waals surface area contributed by atoms with Crippen LogP contribution in [-0.2, 0) is 0 Å². The Morgan fingerprint density at radius 3 is 3.21 bits per heavy atom. The topological polar surface area (TPSA) is 68.2 Å². The first-order valence-corrected chi connectivity index (χ1v) is 4.43. The first kappa shape index (κ1) is 8.96. The lowest BCUT2D eigenvalue weighted by Gasteiger charge is -2.16. The monoisotopic (exact) mass is 192 g/mol. The van der Waals surface area contributed by atoms with E-state index in [-0.39, 0.29) is 0 Å². The molecule has 2 aromatic rings. The number of likely N-dealkylation sites (N-methyl/N-ethyl adjacent to an activating group) is 1. The van der Waals surface area contributed by atoms with Crippen molar-refractivity contribution in [3.05, 3.63) is 18.5 Å². The molecule has 2 heterocycles. The maximum absolute atomic E-state index is 5.48. The average Bonchev–Trinajstić information content (AvgIpc) is 2.65. The Bertz CT molecular complexity index is 425. The number of anilines is 1. The maximum atomic E-state index is 5.48. The Balaban J connectivity index is 2.45. The van der Waals surface area contributed by atoms with Gasteiger partial charge in [0.1, 0.15) is 5.82 Å². The van der Waals surface area contributed by atoms with Crippen molar-refractivity contribution in [2.24, 2.45) is 5.73 Å². The average molecular weight is 192 g/mol. The van der Waals surface area contributed by atoms with E-state index in [1.165, 1.54) is 0 Å². The van der Waals surface area contributed by atoms with Gasteiger partial charge in [-0.2, -0.15) is 0 Å². The molecule has 2 aromatic heterocycles. The summed E-state index contributed by atoms with van der Waals surface area (Å²) >= 11 is 0. The summed E-state index contributed by atoms with van der Waals surface area (Å²) in [4.78, 5) is 6.25. The van der Waals surface area contributed by atoms with Crippen molar-refractivity contribution in [3.8, 4) is 0 Å². The molecule has 0 aliphatic heterocycles. The van der Waals surface area contributed by atoms with Crippen LogP contribution >= 0.6 is 0 Å². The molecule has 5 heteroatoms. The van der Waals surface area contributed by atoms with Crippen molar-refractivity contribution in [2.75, 3.05) is 25.0 Å². The molecule has 14 heavy (non-hydrogen) atoms. The van der Waals surface area contributed by atoms with E-state index < -0.39 is 0 Å². The van der Waals surface area contributed by atoms with Gasteiger partial charge in [-0.1, -0.05) is 5.16 Å². The van der Waals surface area contributed by atoms with Gasteiger partial charge < -0.3 is 15.2 Å². The van der Waals surface area contributed by atoms with Crippen LogP contribution in [0.1, 0.15) is 0 Å². The summed E-state index contributed by atoms with van der Waals surface area (Å²) < 4.78 is 5.04. The predicted molar refractivity (Wildman–Crippen MR) is 54.1 cm³/mol. The van der Waals surface area contributed by atoms with Gasteiger partial charge in [-0.25, -0.2) is 4.98 Å². The van der Waals surface area contributed by atoms with Crippen molar-refractivity contribution in [2.45, 2.75) is 0 Å². The Hall–Kier alpha value is -1.62. The van der Waals surface area contributed by atoms with Gasteiger partial charge in [0.05, 0.1) is 11.6 Å². The van der Waals surface area contributed by atoms with Gasteiger partial charge in [-0.3, -0.25) is 0 Å². The molecule has 2 N–H and O–H groups in total. The molecule has 74 valence electrons. The van der Waals surface area contributed by atoms with Crippen LogP contribution in [0.3, 0.4) is 0 Å². The van der Waals surface area contributed by atoms with E-state index in [1.807, 2.05) is 11.9 Å². The van der Waals surface area contributed by atoms with Crippen LogP contribution in [0.4, 0.5) is 5.82 Å². The van der Waals surface area contributed by atoms with Gasteiger partial charge in [0.2, 0.25) is 0 Å². The highest BCUT2D eigenvalue weighted by Gasteiger charge is 2.09. The number of aromatic nitrogens is 2. The number of nitrogens with two attached hydrogens (primary N) is 1. The summed E-state index contributed by atoms with van der Waals surface area (Å²) in [5.74, 6) is 0.856. The van der Waals surface area contributed by atoms with Gasteiger partial charge in [-0.15, -0.1) is 0 Å². The van der Waals surface area contributed by atoms with Crippen LogP contribution in [0, 0.1) is 0 Å². The van der Waals surface area contributed by atoms with Crippen LogP contribution in [0.15, 0.2) is 23.0 Å². The molecular formula is C9H12N4O. The molecule has 0 bridgehead atoms. The molecule has 0 unspecified atom stereocenters. The summed E-state index contributed by atoms with van der Waals surface area (Å²) in [6, 6.07) is 1.79. The van der Waals surface area contributed by atoms with E-state index in [0.29, 0.717) is 6.54 Å². The van der Waals surface area contributed by atoms with E-state index in [0.717, 1.165) is 23.3 Å². The van der Waals surface area contributed by atoms with Crippen LogP contribution in [-0.4, -0.2) is 30.3 Å². The third kappa shape index (κ3) is 1.42. The Labute approximate surface area is 81.5 Å². The highest BCUT2D eigenvalue weighted by atomic mass is 16.5. The lowest BCUT2D eigenvalue weighted by atomic mass is 10.3. The number of nitrogens with zero attached hydrogens (tertiary/aromatic N) is 3. The van der Waals surface area contributed by atoms with Crippen LogP contribution < -0.4 is 10.6 Å². The van der Waals surface area contributed by atoms with Crippen molar-refractivity contribution >= 4 is 16.8 Å². The van der Waals surface area contributed by atoms with E-state index in [1.54, 1.807) is 18.5 Å². The molecule has 0 saturated carbocycles. The highest BCUT2D eigenvalue weighted by Crippen LogP contribution is 2.22.